The van der Waals surface area contributed by atoms with Crippen molar-refractivity contribution in [1.29, 1.82) is 0 Å². The van der Waals surface area contributed by atoms with Crippen molar-refractivity contribution in [2.45, 2.75) is 58.1 Å². The van der Waals surface area contributed by atoms with Crippen LogP contribution in [0.1, 0.15) is 46.5 Å². The minimum atomic E-state index is -0.180. The van der Waals surface area contributed by atoms with Crippen LogP contribution in [0.4, 0.5) is 0 Å². The number of rotatable bonds is 7. The first-order valence-electron chi connectivity index (χ1n) is 8.22. The number of nitrogens with one attached hydrogen (secondary N) is 2. The van der Waals surface area contributed by atoms with Crippen molar-refractivity contribution in [3.63, 3.8) is 0 Å². The molecule has 5 heteroatoms. The Kier molecular flexibility index (Phi) is 8.04. The summed E-state index contributed by atoms with van der Waals surface area (Å²) < 4.78 is 5.40. The molecule has 0 radical (unpaired) electrons. The molecule has 0 aromatic rings. The molecule has 0 saturated carbocycles. The molecule has 1 fully saturated rings. The van der Waals surface area contributed by atoms with E-state index in [1.165, 1.54) is 32.4 Å². The molecular formula is C16H34N4O. The van der Waals surface area contributed by atoms with Crippen molar-refractivity contribution >= 4 is 5.96 Å². The highest BCUT2D eigenvalue weighted by Crippen LogP contribution is 2.15. The van der Waals surface area contributed by atoms with E-state index in [0.717, 1.165) is 31.5 Å². The van der Waals surface area contributed by atoms with E-state index in [4.69, 9.17) is 4.74 Å². The van der Waals surface area contributed by atoms with Gasteiger partial charge in [0.2, 0.25) is 0 Å². The zero-order chi connectivity index (χ0) is 15.7. The molecule has 0 aromatic carbocycles. The summed E-state index contributed by atoms with van der Waals surface area (Å²) in [4.78, 5) is 6.86. The SMILES string of the molecule is CN=C(NCCCN1CCCCC1C)NCC(C)(C)OC. The highest BCUT2D eigenvalue weighted by atomic mass is 16.5. The van der Waals surface area contributed by atoms with Gasteiger partial charge in [-0.1, -0.05) is 6.42 Å². The maximum atomic E-state index is 5.40. The zero-order valence-corrected chi connectivity index (χ0v) is 14.5. The minimum absolute atomic E-state index is 0.180. The van der Waals surface area contributed by atoms with Crippen LogP contribution in [0.5, 0.6) is 0 Å². The van der Waals surface area contributed by atoms with Gasteiger partial charge in [-0.25, -0.2) is 0 Å². The minimum Gasteiger partial charge on any atom is -0.377 e. The molecule has 21 heavy (non-hydrogen) atoms. The number of methoxy groups -OCH3 is 1. The average molecular weight is 298 g/mol. The van der Waals surface area contributed by atoms with Crippen molar-refractivity contribution in [2.75, 3.05) is 40.3 Å². The third-order valence-electron chi connectivity index (χ3n) is 4.31. The van der Waals surface area contributed by atoms with Gasteiger partial charge in [0.05, 0.1) is 5.60 Å². The fraction of sp³-hybridized carbons (Fsp3) is 0.938. The van der Waals surface area contributed by atoms with E-state index in [-0.39, 0.29) is 5.60 Å². The summed E-state index contributed by atoms with van der Waals surface area (Å²) in [6, 6.07) is 0.749. The van der Waals surface area contributed by atoms with Crippen LogP contribution in [0, 0.1) is 0 Å². The van der Waals surface area contributed by atoms with Gasteiger partial charge in [-0.3, -0.25) is 4.99 Å². The van der Waals surface area contributed by atoms with Gasteiger partial charge < -0.3 is 20.3 Å². The Morgan fingerprint density at radius 2 is 2.10 bits per heavy atom. The summed E-state index contributed by atoms with van der Waals surface area (Å²) >= 11 is 0. The molecule has 0 aliphatic carbocycles. The molecule has 1 aliphatic heterocycles. The topological polar surface area (TPSA) is 48.9 Å². The van der Waals surface area contributed by atoms with Gasteiger partial charge in [0, 0.05) is 39.8 Å². The van der Waals surface area contributed by atoms with Crippen molar-refractivity contribution in [3.8, 4) is 0 Å². The largest absolute Gasteiger partial charge is 0.377 e. The van der Waals surface area contributed by atoms with Crippen LogP contribution in [0.3, 0.4) is 0 Å². The quantitative estimate of drug-likeness (QED) is 0.428. The normalized spacial score (nSPS) is 21.4. The van der Waals surface area contributed by atoms with Gasteiger partial charge in [0.25, 0.3) is 0 Å². The van der Waals surface area contributed by atoms with Crippen LogP contribution in [-0.2, 0) is 4.74 Å². The summed E-state index contributed by atoms with van der Waals surface area (Å²) in [6.45, 7) is 10.6. The van der Waals surface area contributed by atoms with E-state index in [1.807, 2.05) is 7.05 Å². The van der Waals surface area contributed by atoms with Crippen LogP contribution < -0.4 is 10.6 Å². The lowest BCUT2D eigenvalue weighted by Gasteiger charge is -2.33. The molecule has 1 aliphatic rings. The Bertz CT molecular complexity index is 317. The molecule has 1 rings (SSSR count). The second-order valence-corrected chi connectivity index (χ2v) is 6.55. The van der Waals surface area contributed by atoms with Gasteiger partial charge in [-0.15, -0.1) is 0 Å². The van der Waals surface area contributed by atoms with Crippen LogP contribution in [0.2, 0.25) is 0 Å². The van der Waals surface area contributed by atoms with Gasteiger partial charge in [0.1, 0.15) is 0 Å². The molecule has 1 heterocycles. The lowest BCUT2D eigenvalue weighted by Crippen LogP contribution is -2.46. The zero-order valence-electron chi connectivity index (χ0n) is 14.5. The van der Waals surface area contributed by atoms with Crippen molar-refractivity contribution in [3.05, 3.63) is 0 Å². The number of ether oxygens (including phenoxy) is 1. The van der Waals surface area contributed by atoms with E-state index < -0.39 is 0 Å². The Morgan fingerprint density at radius 3 is 2.71 bits per heavy atom. The summed E-state index contributed by atoms with van der Waals surface area (Å²) in [5, 5.41) is 6.69. The monoisotopic (exact) mass is 298 g/mol. The van der Waals surface area contributed by atoms with Crippen LogP contribution in [0.25, 0.3) is 0 Å². The molecule has 5 nitrogen and oxygen atoms in total. The average Bonchev–Trinajstić information content (AvgIpc) is 2.48. The first-order valence-corrected chi connectivity index (χ1v) is 8.22. The number of guanidine groups is 1. The fourth-order valence-electron chi connectivity index (χ4n) is 2.57. The predicted molar refractivity (Wildman–Crippen MR) is 90.0 cm³/mol. The molecular weight excluding hydrogens is 264 g/mol. The lowest BCUT2D eigenvalue weighted by molar-refractivity contribution is 0.0268. The smallest absolute Gasteiger partial charge is 0.191 e. The number of hydrogen-bond donors (Lipinski definition) is 2. The molecule has 1 saturated heterocycles. The summed E-state index contributed by atoms with van der Waals surface area (Å²) in [5.41, 5.74) is -0.180. The molecule has 0 amide bonds. The third kappa shape index (κ3) is 7.14. The van der Waals surface area contributed by atoms with Gasteiger partial charge in [0.15, 0.2) is 5.96 Å². The van der Waals surface area contributed by atoms with Gasteiger partial charge in [-0.05, 0) is 46.6 Å². The first-order chi connectivity index (χ1) is 9.98. The Balaban J connectivity index is 2.17. The van der Waals surface area contributed by atoms with E-state index in [9.17, 15) is 0 Å². The number of piperidine rings is 1. The molecule has 1 atom stereocenters. The number of likely N-dealkylation sites (tertiary alicyclic amines) is 1. The van der Waals surface area contributed by atoms with Gasteiger partial charge >= 0.3 is 0 Å². The maximum Gasteiger partial charge on any atom is 0.191 e. The Labute approximate surface area is 130 Å². The third-order valence-corrected chi connectivity index (χ3v) is 4.31. The standard InChI is InChI=1S/C16H34N4O/c1-14-9-6-7-11-20(14)12-8-10-18-15(17-4)19-13-16(2,3)21-5/h14H,6-13H2,1-5H3,(H2,17,18,19). The maximum absolute atomic E-state index is 5.40. The highest BCUT2D eigenvalue weighted by molar-refractivity contribution is 5.79. The van der Waals surface area contributed by atoms with Gasteiger partial charge in [-0.2, -0.15) is 0 Å². The van der Waals surface area contributed by atoms with E-state index in [1.54, 1.807) is 7.11 Å². The molecule has 0 aromatic heterocycles. The highest BCUT2D eigenvalue weighted by Gasteiger charge is 2.18. The van der Waals surface area contributed by atoms with Crippen molar-refractivity contribution in [2.24, 2.45) is 4.99 Å². The first kappa shape index (κ1) is 18.2. The summed E-state index contributed by atoms with van der Waals surface area (Å²) in [6.07, 6.45) is 5.25. The summed E-state index contributed by atoms with van der Waals surface area (Å²) in [5.74, 6) is 0.854. The Morgan fingerprint density at radius 1 is 1.33 bits per heavy atom. The second kappa shape index (κ2) is 9.26. The fourth-order valence-corrected chi connectivity index (χ4v) is 2.57. The second-order valence-electron chi connectivity index (χ2n) is 6.55. The molecule has 2 N–H and O–H groups in total. The van der Waals surface area contributed by atoms with E-state index >= 15 is 0 Å². The van der Waals surface area contributed by atoms with Crippen molar-refractivity contribution in [1.82, 2.24) is 15.5 Å². The lowest BCUT2D eigenvalue weighted by atomic mass is 10.0. The van der Waals surface area contributed by atoms with Crippen molar-refractivity contribution < 1.29 is 4.74 Å². The molecule has 124 valence electrons. The number of hydrogen-bond acceptors (Lipinski definition) is 3. The molecule has 1 unspecified atom stereocenters. The van der Waals surface area contributed by atoms with E-state index in [0.29, 0.717) is 0 Å². The van der Waals surface area contributed by atoms with E-state index in [2.05, 4.69) is 41.3 Å². The number of nitrogens with zero attached hydrogens (tertiary/aromatic N) is 2. The van der Waals surface area contributed by atoms with Crippen LogP contribution >= 0.6 is 0 Å². The Hall–Kier alpha value is -0.810. The number of aliphatic imine (C=N–C) groups is 1. The summed E-state index contributed by atoms with van der Waals surface area (Å²) in [7, 11) is 3.54. The predicted octanol–water partition coefficient (Wildman–Crippen LogP) is 1.84. The van der Waals surface area contributed by atoms with Crippen LogP contribution in [-0.4, -0.2) is 62.8 Å². The van der Waals surface area contributed by atoms with Crippen LogP contribution in [0.15, 0.2) is 4.99 Å². The molecule has 0 spiro atoms. The molecule has 0 bridgehead atoms.